The molecule has 0 atom stereocenters. The summed E-state index contributed by atoms with van der Waals surface area (Å²) >= 11 is 0. The van der Waals surface area contributed by atoms with Crippen LogP contribution in [-0.2, 0) is 4.79 Å². The second kappa shape index (κ2) is 8.62. The Hall–Kier alpha value is -1.38. The van der Waals surface area contributed by atoms with Gasteiger partial charge in [-0.05, 0) is 6.08 Å². The number of aliphatic imine (C=N–C) groups is 1. The van der Waals surface area contributed by atoms with Gasteiger partial charge in [-0.1, -0.05) is 27.0 Å². The lowest BCUT2D eigenvalue weighted by molar-refractivity contribution is -0.111. The van der Waals surface area contributed by atoms with Gasteiger partial charge in [0.05, 0.1) is 0 Å². The van der Waals surface area contributed by atoms with Gasteiger partial charge in [-0.2, -0.15) is 0 Å². The third kappa shape index (κ3) is 6.51. The molecule has 0 saturated carbocycles. The Morgan fingerprint density at radius 1 is 1.55 bits per heavy atom. The van der Waals surface area contributed by atoms with Crippen molar-refractivity contribution in [1.29, 1.82) is 0 Å². The van der Waals surface area contributed by atoms with Crippen LogP contribution in [0.5, 0.6) is 0 Å². The molecule has 0 fully saturated rings. The van der Waals surface area contributed by atoms with E-state index >= 15 is 0 Å². The molecule has 0 aliphatic heterocycles. The van der Waals surface area contributed by atoms with Gasteiger partial charge in [-0.25, -0.2) is 0 Å². The zero-order valence-corrected chi connectivity index (χ0v) is 7.00. The highest BCUT2D eigenvalue weighted by Crippen LogP contribution is 1.78. The molecule has 0 radical (unpaired) electrons. The molecule has 64 valence electrons. The summed E-state index contributed by atoms with van der Waals surface area (Å²) in [6.45, 7) is 10.6. The molecule has 2 N–H and O–H groups in total. The van der Waals surface area contributed by atoms with E-state index in [0.29, 0.717) is 0 Å². The molecule has 0 aromatic heterocycles. The van der Waals surface area contributed by atoms with Gasteiger partial charge in [0.2, 0.25) is 0 Å². The van der Waals surface area contributed by atoms with Gasteiger partial charge in [0.1, 0.15) is 5.71 Å². The van der Waals surface area contributed by atoms with Crippen molar-refractivity contribution in [2.75, 3.05) is 0 Å². The molecular formula is C8H16N2O. The minimum atomic E-state index is -0.593. The molecule has 0 saturated heterocycles. The number of nitrogens with zero attached hydrogens (tertiary/aromatic N) is 1. The minimum absolute atomic E-state index is 0. The van der Waals surface area contributed by atoms with E-state index in [2.05, 4.69) is 18.2 Å². The fourth-order valence-electron chi connectivity index (χ4n) is 0.315. The number of primary amides is 1. The zero-order chi connectivity index (χ0) is 9.28. The Morgan fingerprint density at radius 2 is 2.00 bits per heavy atom. The van der Waals surface area contributed by atoms with Crippen LogP contribution in [0.1, 0.15) is 15.3 Å². The highest BCUT2D eigenvalue weighted by atomic mass is 16.1. The van der Waals surface area contributed by atoms with E-state index in [1.165, 1.54) is 12.3 Å². The van der Waals surface area contributed by atoms with Gasteiger partial charge >= 0.3 is 0 Å². The van der Waals surface area contributed by atoms with Crippen LogP contribution in [0.15, 0.2) is 30.4 Å². The Morgan fingerprint density at radius 3 is 2.09 bits per heavy atom. The summed E-state index contributed by atoms with van der Waals surface area (Å²) in [6.07, 6.45) is 2.52. The monoisotopic (exact) mass is 156 g/mol. The summed E-state index contributed by atoms with van der Waals surface area (Å²) in [7, 11) is 0. The first-order valence-electron chi connectivity index (χ1n) is 3.33. The van der Waals surface area contributed by atoms with Gasteiger partial charge in [0.15, 0.2) is 0 Å². The number of hydrogen-bond acceptors (Lipinski definition) is 2. The molecule has 0 aromatic rings. The fourth-order valence-corrected chi connectivity index (χ4v) is 0.315. The van der Waals surface area contributed by atoms with Crippen molar-refractivity contribution < 1.29 is 6.22 Å². The number of nitrogens with two attached hydrogens (primary N) is 1. The highest BCUT2D eigenvalue weighted by molar-refractivity contribution is 6.42. The van der Waals surface area contributed by atoms with Gasteiger partial charge in [0.25, 0.3) is 5.91 Å². The first kappa shape index (κ1) is 12.3. The second-order valence-electron chi connectivity index (χ2n) is 1.27. The van der Waals surface area contributed by atoms with E-state index in [1.54, 1.807) is 0 Å². The highest BCUT2D eigenvalue weighted by Gasteiger charge is 1.97. The molecule has 0 rings (SSSR count). The molecule has 0 heterocycles. The minimum Gasteiger partial charge on any atom is -0.364 e. The lowest BCUT2D eigenvalue weighted by atomic mass is 10.3. The van der Waals surface area contributed by atoms with Crippen molar-refractivity contribution in [3.8, 4) is 0 Å². The number of rotatable bonds is 3. The Kier molecular flexibility index (Phi) is 9.65. The predicted molar refractivity (Wildman–Crippen MR) is 50.5 cm³/mol. The number of hydrogen-bond donors (Lipinski definition) is 1. The standard InChI is InChI=1S/C6H8N2O.C2H6.H2/c1-3-5(6(7)9)8-4-2;1-2;/h3-4H,1-2H2,(H2,7,9);1-2H3;1H. The average molecular weight is 156 g/mol. The van der Waals surface area contributed by atoms with E-state index in [4.69, 9.17) is 5.73 Å². The van der Waals surface area contributed by atoms with Crippen LogP contribution in [0.2, 0.25) is 0 Å². The second-order valence-corrected chi connectivity index (χ2v) is 1.27. The number of carbonyl (C=O) groups excluding carboxylic acids is 1. The maximum atomic E-state index is 10.3. The van der Waals surface area contributed by atoms with E-state index in [-0.39, 0.29) is 7.14 Å². The van der Waals surface area contributed by atoms with Crippen molar-refractivity contribution in [3.05, 3.63) is 25.4 Å². The normalized spacial score (nSPS) is 9.09. The summed E-state index contributed by atoms with van der Waals surface area (Å²) in [4.78, 5) is 13.8. The van der Waals surface area contributed by atoms with Gasteiger partial charge in [-0.15, -0.1) is 0 Å². The Labute approximate surface area is 68.8 Å². The van der Waals surface area contributed by atoms with Crippen molar-refractivity contribution in [2.45, 2.75) is 13.8 Å². The molecule has 1 amide bonds. The third-order valence-corrected chi connectivity index (χ3v) is 0.676. The molecule has 0 aliphatic carbocycles. The fraction of sp³-hybridized carbons (Fsp3) is 0.250. The van der Waals surface area contributed by atoms with Crippen molar-refractivity contribution in [2.24, 2.45) is 10.7 Å². The molecule has 3 heteroatoms. The van der Waals surface area contributed by atoms with Crippen LogP contribution in [-0.4, -0.2) is 11.6 Å². The number of amides is 1. The first-order chi connectivity index (χ1) is 5.22. The van der Waals surface area contributed by atoms with Crippen LogP contribution in [0.25, 0.3) is 0 Å². The molecule has 0 aliphatic rings. The summed E-state index contributed by atoms with van der Waals surface area (Å²) < 4.78 is 0. The van der Waals surface area contributed by atoms with Gasteiger partial charge < -0.3 is 5.73 Å². The van der Waals surface area contributed by atoms with E-state index in [1.807, 2.05) is 13.8 Å². The maximum absolute atomic E-state index is 10.3. The largest absolute Gasteiger partial charge is 0.364 e. The summed E-state index contributed by atoms with van der Waals surface area (Å²) in [5, 5.41) is 0. The van der Waals surface area contributed by atoms with E-state index < -0.39 is 5.91 Å². The van der Waals surface area contributed by atoms with Crippen LogP contribution in [0.3, 0.4) is 0 Å². The smallest absolute Gasteiger partial charge is 0.267 e. The summed E-state index contributed by atoms with van der Waals surface area (Å²) in [5.41, 5.74) is 4.97. The van der Waals surface area contributed by atoms with Gasteiger partial charge in [0, 0.05) is 7.63 Å². The molecule has 3 nitrogen and oxygen atoms in total. The molecule has 0 unspecified atom stereocenters. The van der Waals surface area contributed by atoms with E-state index in [9.17, 15) is 4.79 Å². The predicted octanol–water partition coefficient (Wildman–Crippen LogP) is 1.51. The third-order valence-electron chi connectivity index (χ3n) is 0.676. The lowest BCUT2D eigenvalue weighted by Crippen LogP contribution is -2.20. The SMILES string of the molecule is C=CN=C(C=C)C(N)=O.CC.[HH]. The Bertz CT molecular complexity index is 176. The van der Waals surface area contributed by atoms with E-state index in [0.717, 1.165) is 0 Å². The molecule has 0 aromatic carbocycles. The van der Waals surface area contributed by atoms with Crippen LogP contribution in [0.4, 0.5) is 0 Å². The molecular weight excluding hydrogens is 140 g/mol. The average Bonchev–Trinajstić information content (AvgIpc) is 2.03. The quantitative estimate of drug-likeness (QED) is 0.619. The van der Waals surface area contributed by atoms with Crippen molar-refractivity contribution in [3.63, 3.8) is 0 Å². The molecule has 0 spiro atoms. The number of carbonyl (C=O) groups is 1. The van der Waals surface area contributed by atoms with Crippen LogP contribution < -0.4 is 5.73 Å². The van der Waals surface area contributed by atoms with Gasteiger partial charge in [-0.3, -0.25) is 9.79 Å². The first-order valence-corrected chi connectivity index (χ1v) is 3.33. The molecule has 0 bridgehead atoms. The maximum Gasteiger partial charge on any atom is 0.267 e. The summed E-state index contributed by atoms with van der Waals surface area (Å²) in [5.74, 6) is -0.593. The Balaban J connectivity index is -0.000000249. The van der Waals surface area contributed by atoms with Crippen molar-refractivity contribution in [1.82, 2.24) is 0 Å². The molecule has 11 heavy (non-hydrogen) atoms. The van der Waals surface area contributed by atoms with Crippen LogP contribution >= 0.6 is 0 Å². The topological polar surface area (TPSA) is 55.4 Å². The lowest BCUT2D eigenvalue weighted by Gasteiger charge is -1.87. The van der Waals surface area contributed by atoms with Crippen molar-refractivity contribution >= 4 is 11.6 Å². The van der Waals surface area contributed by atoms with Crippen LogP contribution in [0, 0.1) is 0 Å². The summed E-state index contributed by atoms with van der Waals surface area (Å²) in [6, 6.07) is 0. The zero-order valence-electron chi connectivity index (χ0n) is 7.00.